The number of carbonyl (C=O) groups is 1. The summed E-state index contributed by atoms with van der Waals surface area (Å²) in [5.41, 5.74) is 7.61. The first-order valence-corrected chi connectivity index (χ1v) is 9.36. The first kappa shape index (κ1) is 16.2. The summed E-state index contributed by atoms with van der Waals surface area (Å²) >= 11 is 1.56. The maximum absolute atomic E-state index is 12.7. The molecule has 7 heteroatoms. The van der Waals surface area contributed by atoms with Crippen molar-refractivity contribution in [1.82, 2.24) is 19.7 Å². The SMILES string of the molecule is Cc1ccc(C(=O)N2CCC(c3nn(CCN)c4ncccc34)C2)s1. The number of hydrogen-bond donors (Lipinski definition) is 1. The van der Waals surface area contributed by atoms with Crippen molar-refractivity contribution >= 4 is 28.3 Å². The molecule has 4 heterocycles. The van der Waals surface area contributed by atoms with Crippen LogP contribution in [0.2, 0.25) is 0 Å². The smallest absolute Gasteiger partial charge is 0.263 e. The van der Waals surface area contributed by atoms with Gasteiger partial charge in [-0.3, -0.25) is 4.79 Å². The summed E-state index contributed by atoms with van der Waals surface area (Å²) in [5, 5.41) is 5.84. The van der Waals surface area contributed by atoms with Crippen molar-refractivity contribution in [2.45, 2.75) is 25.8 Å². The van der Waals surface area contributed by atoms with Crippen molar-refractivity contribution in [2.24, 2.45) is 5.73 Å². The van der Waals surface area contributed by atoms with Crippen LogP contribution in [0.15, 0.2) is 30.5 Å². The van der Waals surface area contributed by atoms with E-state index < -0.39 is 0 Å². The highest BCUT2D eigenvalue weighted by atomic mass is 32.1. The number of fused-ring (bicyclic) bond motifs is 1. The van der Waals surface area contributed by atoms with Gasteiger partial charge in [0.2, 0.25) is 0 Å². The second-order valence-electron chi connectivity index (χ2n) is 6.42. The van der Waals surface area contributed by atoms with Gasteiger partial charge in [-0.2, -0.15) is 5.10 Å². The number of amides is 1. The molecule has 0 aromatic carbocycles. The molecular formula is C18H21N5OS. The molecule has 0 radical (unpaired) electrons. The van der Waals surface area contributed by atoms with E-state index in [0.717, 1.165) is 39.4 Å². The molecule has 2 N–H and O–H groups in total. The van der Waals surface area contributed by atoms with Crippen molar-refractivity contribution in [3.63, 3.8) is 0 Å². The lowest BCUT2D eigenvalue weighted by Crippen LogP contribution is -2.27. The first-order valence-electron chi connectivity index (χ1n) is 8.54. The zero-order valence-corrected chi connectivity index (χ0v) is 15.0. The lowest BCUT2D eigenvalue weighted by Gasteiger charge is -2.15. The summed E-state index contributed by atoms with van der Waals surface area (Å²) in [5.74, 6) is 0.375. The summed E-state index contributed by atoms with van der Waals surface area (Å²) in [7, 11) is 0. The molecule has 4 rings (SSSR count). The fraction of sp³-hybridized carbons (Fsp3) is 0.389. The minimum atomic E-state index is 0.129. The molecule has 0 saturated carbocycles. The van der Waals surface area contributed by atoms with Crippen LogP contribution < -0.4 is 5.73 Å². The highest BCUT2D eigenvalue weighted by Gasteiger charge is 2.31. The van der Waals surface area contributed by atoms with Crippen LogP contribution in [0.1, 0.15) is 32.6 Å². The molecule has 0 aliphatic carbocycles. The quantitative estimate of drug-likeness (QED) is 0.779. The zero-order chi connectivity index (χ0) is 17.4. The highest BCUT2D eigenvalue weighted by Crippen LogP contribution is 2.32. The predicted molar refractivity (Wildman–Crippen MR) is 98.9 cm³/mol. The molecule has 1 unspecified atom stereocenters. The van der Waals surface area contributed by atoms with Gasteiger partial charge in [0.15, 0.2) is 5.65 Å². The number of hydrogen-bond acceptors (Lipinski definition) is 5. The maximum atomic E-state index is 12.7. The van der Waals surface area contributed by atoms with Gasteiger partial charge in [0.25, 0.3) is 5.91 Å². The van der Waals surface area contributed by atoms with E-state index >= 15 is 0 Å². The number of aromatic nitrogens is 3. The molecule has 3 aromatic rings. The van der Waals surface area contributed by atoms with Crippen LogP contribution in [0.5, 0.6) is 0 Å². The van der Waals surface area contributed by atoms with Crippen molar-refractivity contribution in [2.75, 3.05) is 19.6 Å². The Kier molecular flexibility index (Phi) is 4.27. The summed E-state index contributed by atoms with van der Waals surface area (Å²) in [6.07, 6.45) is 2.71. The average Bonchev–Trinajstić information content (AvgIpc) is 3.33. The lowest BCUT2D eigenvalue weighted by molar-refractivity contribution is 0.0795. The molecule has 1 fully saturated rings. The average molecular weight is 355 g/mol. The second kappa shape index (κ2) is 6.57. The largest absolute Gasteiger partial charge is 0.337 e. The minimum Gasteiger partial charge on any atom is -0.337 e. The Morgan fingerprint density at radius 3 is 3.04 bits per heavy atom. The standard InChI is InChI=1S/C18H21N5OS/c1-12-4-5-15(25-12)18(24)22-9-6-13(11-22)16-14-3-2-8-20-17(14)23(21-16)10-7-19/h2-5,8,13H,6-7,9-11,19H2,1H3. The van der Waals surface area contributed by atoms with Crippen LogP contribution in [-0.4, -0.2) is 45.2 Å². The Balaban J connectivity index is 1.59. The fourth-order valence-electron chi connectivity index (χ4n) is 3.49. The number of aryl methyl sites for hydroxylation is 1. The lowest BCUT2D eigenvalue weighted by atomic mass is 10.0. The van der Waals surface area contributed by atoms with E-state index in [1.54, 1.807) is 17.5 Å². The number of thiophene rings is 1. The molecule has 1 aliphatic heterocycles. The Morgan fingerprint density at radius 2 is 2.28 bits per heavy atom. The van der Waals surface area contributed by atoms with Gasteiger partial charge in [-0.15, -0.1) is 11.3 Å². The van der Waals surface area contributed by atoms with Crippen LogP contribution in [0.25, 0.3) is 11.0 Å². The van der Waals surface area contributed by atoms with Crippen LogP contribution >= 0.6 is 11.3 Å². The van der Waals surface area contributed by atoms with E-state index in [0.29, 0.717) is 19.6 Å². The summed E-state index contributed by atoms with van der Waals surface area (Å²) in [6.45, 7) is 4.68. The minimum absolute atomic E-state index is 0.129. The van der Waals surface area contributed by atoms with Gasteiger partial charge in [-0.1, -0.05) is 0 Å². The molecule has 1 saturated heterocycles. The molecule has 1 atom stereocenters. The monoisotopic (exact) mass is 355 g/mol. The van der Waals surface area contributed by atoms with Gasteiger partial charge < -0.3 is 10.6 Å². The van der Waals surface area contributed by atoms with Crippen LogP contribution in [0.4, 0.5) is 0 Å². The van der Waals surface area contributed by atoms with E-state index in [9.17, 15) is 4.79 Å². The fourth-order valence-corrected chi connectivity index (χ4v) is 4.32. The summed E-state index contributed by atoms with van der Waals surface area (Å²) in [4.78, 5) is 21.1. The van der Waals surface area contributed by atoms with E-state index in [4.69, 9.17) is 10.8 Å². The maximum Gasteiger partial charge on any atom is 0.263 e. The molecule has 1 aliphatic rings. The molecule has 3 aromatic heterocycles. The number of nitrogens with zero attached hydrogens (tertiary/aromatic N) is 4. The van der Waals surface area contributed by atoms with Crippen LogP contribution in [0.3, 0.4) is 0 Å². The molecule has 130 valence electrons. The van der Waals surface area contributed by atoms with Gasteiger partial charge in [-0.25, -0.2) is 9.67 Å². The molecule has 0 spiro atoms. The van der Waals surface area contributed by atoms with Crippen molar-refractivity contribution in [3.8, 4) is 0 Å². The second-order valence-corrected chi connectivity index (χ2v) is 7.71. The van der Waals surface area contributed by atoms with Gasteiger partial charge in [-0.05, 0) is 37.6 Å². The highest BCUT2D eigenvalue weighted by molar-refractivity contribution is 7.13. The normalized spacial score (nSPS) is 17.5. The van der Waals surface area contributed by atoms with E-state index in [2.05, 4.69) is 11.1 Å². The van der Waals surface area contributed by atoms with E-state index in [-0.39, 0.29) is 11.8 Å². The number of rotatable bonds is 4. The number of likely N-dealkylation sites (tertiary alicyclic amines) is 1. The molecule has 25 heavy (non-hydrogen) atoms. The van der Waals surface area contributed by atoms with Crippen molar-refractivity contribution in [1.29, 1.82) is 0 Å². The van der Waals surface area contributed by atoms with Gasteiger partial charge in [0.05, 0.1) is 17.1 Å². The third-order valence-electron chi connectivity index (χ3n) is 4.69. The third-order valence-corrected chi connectivity index (χ3v) is 5.68. The van der Waals surface area contributed by atoms with Gasteiger partial charge in [0.1, 0.15) is 0 Å². The van der Waals surface area contributed by atoms with Gasteiger partial charge in [0, 0.05) is 42.0 Å². The topological polar surface area (TPSA) is 77.0 Å². The summed E-state index contributed by atoms with van der Waals surface area (Å²) in [6, 6.07) is 7.92. The number of carbonyl (C=O) groups excluding carboxylic acids is 1. The predicted octanol–water partition coefficient (Wildman–Crippen LogP) is 2.39. The number of pyridine rings is 1. The first-order chi connectivity index (χ1) is 12.2. The zero-order valence-electron chi connectivity index (χ0n) is 14.2. The molecular weight excluding hydrogens is 334 g/mol. The number of nitrogens with two attached hydrogens (primary N) is 1. The van der Waals surface area contributed by atoms with Gasteiger partial charge >= 0.3 is 0 Å². The third kappa shape index (κ3) is 2.94. The van der Waals surface area contributed by atoms with Crippen LogP contribution in [0, 0.1) is 6.92 Å². The molecule has 1 amide bonds. The Bertz CT molecular complexity index is 915. The Morgan fingerprint density at radius 1 is 1.40 bits per heavy atom. The van der Waals surface area contributed by atoms with Crippen molar-refractivity contribution < 1.29 is 4.79 Å². The molecule has 0 bridgehead atoms. The molecule has 6 nitrogen and oxygen atoms in total. The Labute approximate surface area is 150 Å². The van der Waals surface area contributed by atoms with E-state index in [1.165, 1.54) is 0 Å². The van der Waals surface area contributed by atoms with Crippen molar-refractivity contribution in [3.05, 3.63) is 45.9 Å². The Hall–Kier alpha value is -2.25. The van der Waals surface area contributed by atoms with E-state index in [1.807, 2.05) is 34.7 Å². The van der Waals surface area contributed by atoms with Crippen LogP contribution in [-0.2, 0) is 6.54 Å². The summed E-state index contributed by atoms with van der Waals surface area (Å²) < 4.78 is 1.89.